The first-order valence-corrected chi connectivity index (χ1v) is 6.80. The highest BCUT2D eigenvalue weighted by Crippen LogP contribution is 2.13. The second kappa shape index (κ2) is 5.81. The molecule has 2 aromatic carbocycles. The summed E-state index contributed by atoms with van der Waals surface area (Å²) >= 11 is 0. The van der Waals surface area contributed by atoms with E-state index >= 15 is 0 Å². The molecule has 5 heteroatoms. The quantitative estimate of drug-likeness (QED) is 0.803. The Kier molecular flexibility index (Phi) is 3.70. The lowest BCUT2D eigenvalue weighted by atomic mass is 10.2. The minimum Gasteiger partial charge on any atom is -0.322 e. The molecule has 1 aromatic heterocycles. The number of aryl methyl sites for hydroxylation is 1. The zero-order valence-corrected chi connectivity index (χ0v) is 12.0. The van der Waals surface area contributed by atoms with Crippen LogP contribution in [0.3, 0.4) is 0 Å². The Hall–Kier alpha value is -2.95. The van der Waals surface area contributed by atoms with Crippen LogP contribution in [-0.4, -0.2) is 15.7 Å². The number of nitrogens with zero attached hydrogens (tertiary/aromatic N) is 2. The minimum atomic E-state index is -0.312. The number of amides is 1. The van der Waals surface area contributed by atoms with E-state index in [0.717, 1.165) is 11.3 Å². The van der Waals surface area contributed by atoms with Crippen molar-refractivity contribution < 1.29 is 9.18 Å². The van der Waals surface area contributed by atoms with Crippen LogP contribution in [0, 0.1) is 12.7 Å². The van der Waals surface area contributed by atoms with E-state index in [0.29, 0.717) is 11.3 Å². The maximum absolute atomic E-state index is 12.9. The number of halogens is 1. The molecule has 0 fully saturated rings. The molecule has 110 valence electrons. The highest BCUT2D eigenvalue weighted by molar-refractivity contribution is 6.03. The number of carbonyl (C=O) groups excluding carboxylic acids is 1. The van der Waals surface area contributed by atoms with Crippen molar-refractivity contribution >= 4 is 11.6 Å². The summed E-state index contributed by atoms with van der Waals surface area (Å²) in [5, 5.41) is 6.93. The van der Waals surface area contributed by atoms with Crippen LogP contribution in [0.4, 0.5) is 10.1 Å². The third-order valence-corrected chi connectivity index (χ3v) is 3.25. The van der Waals surface area contributed by atoms with Gasteiger partial charge in [0.2, 0.25) is 0 Å². The molecule has 0 aliphatic heterocycles. The second-order valence-electron chi connectivity index (χ2n) is 4.97. The van der Waals surface area contributed by atoms with E-state index in [4.69, 9.17) is 0 Å². The molecule has 0 radical (unpaired) electrons. The maximum Gasteiger partial charge on any atom is 0.258 e. The fraction of sp³-hybridized carbons (Fsp3) is 0.0588. The Morgan fingerprint density at radius 3 is 2.45 bits per heavy atom. The van der Waals surface area contributed by atoms with E-state index < -0.39 is 0 Å². The molecule has 0 aliphatic rings. The van der Waals surface area contributed by atoms with Crippen LogP contribution in [0.2, 0.25) is 0 Å². The number of benzene rings is 2. The molecule has 0 aliphatic carbocycles. The summed E-state index contributed by atoms with van der Waals surface area (Å²) in [4.78, 5) is 12.2. The van der Waals surface area contributed by atoms with Crippen molar-refractivity contribution in [3.63, 3.8) is 0 Å². The summed E-state index contributed by atoms with van der Waals surface area (Å²) in [5.41, 5.74) is 2.98. The molecule has 0 atom stereocenters. The first-order chi connectivity index (χ1) is 10.6. The molecule has 22 heavy (non-hydrogen) atoms. The number of anilines is 1. The van der Waals surface area contributed by atoms with Crippen molar-refractivity contribution in [2.45, 2.75) is 6.92 Å². The number of carbonyl (C=O) groups is 1. The molecule has 0 saturated heterocycles. The molecular weight excluding hydrogens is 281 g/mol. The van der Waals surface area contributed by atoms with E-state index in [1.165, 1.54) is 23.0 Å². The van der Waals surface area contributed by atoms with Crippen molar-refractivity contribution in [1.29, 1.82) is 0 Å². The molecule has 0 unspecified atom stereocenters. The van der Waals surface area contributed by atoms with E-state index in [9.17, 15) is 9.18 Å². The van der Waals surface area contributed by atoms with Gasteiger partial charge in [-0.15, -0.1) is 0 Å². The van der Waals surface area contributed by atoms with Gasteiger partial charge in [0.1, 0.15) is 5.82 Å². The molecule has 1 amide bonds. The van der Waals surface area contributed by atoms with Crippen molar-refractivity contribution in [1.82, 2.24) is 9.78 Å². The van der Waals surface area contributed by atoms with Gasteiger partial charge in [0.15, 0.2) is 0 Å². The summed E-state index contributed by atoms with van der Waals surface area (Å²) in [6.07, 6.45) is 3.09. The molecule has 0 bridgehead atoms. The first-order valence-electron chi connectivity index (χ1n) is 6.80. The van der Waals surface area contributed by atoms with Gasteiger partial charge in [0, 0.05) is 11.9 Å². The van der Waals surface area contributed by atoms with Crippen LogP contribution in [0.5, 0.6) is 0 Å². The molecular formula is C17H14FN3O. The number of rotatable bonds is 3. The third-order valence-electron chi connectivity index (χ3n) is 3.25. The predicted molar refractivity (Wildman–Crippen MR) is 82.7 cm³/mol. The number of hydrogen-bond donors (Lipinski definition) is 1. The van der Waals surface area contributed by atoms with Gasteiger partial charge in [-0.2, -0.15) is 5.10 Å². The second-order valence-corrected chi connectivity index (χ2v) is 4.97. The van der Waals surface area contributed by atoms with Gasteiger partial charge < -0.3 is 5.32 Å². The predicted octanol–water partition coefficient (Wildman–Crippen LogP) is 3.57. The highest BCUT2D eigenvalue weighted by atomic mass is 19.1. The maximum atomic E-state index is 12.9. The van der Waals surface area contributed by atoms with E-state index in [1.807, 2.05) is 31.2 Å². The van der Waals surface area contributed by atoms with Crippen LogP contribution in [0.25, 0.3) is 5.69 Å². The van der Waals surface area contributed by atoms with Crippen molar-refractivity contribution in [2.75, 3.05) is 5.32 Å². The van der Waals surface area contributed by atoms with Gasteiger partial charge in [-0.3, -0.25) is 4.79 Å². The van der Waals surface area contributed by atoms with E-state index in [2.05, 4.69) is 10.4 Å². The van der Waals surface area contributed by atoms with Gasteiger partial charge >= 0.3 is 0 Å². The number of nitrogens with one attached hydrogen (secondary N) is 1. The zero-order chi connectivity index (χ0) is 15.5. The molecule has 1 N–H and O–H groups in total. The van der Waals surface area contributed by atoms with Gasteiger partial charge in [0.05, 0.1) is 17.4 Å². The van der Waals surface area contributed by atoms with Crippen molar-refractivity contribution in [3.05, 3.63) is 77.9 Å². The van der Waals surface area contributed by atoms with Crippen LogP contribution >= 0.6 is 0 Å². The van der Waals surface area contributed by atoms with Gasteiger partial charge in [-0.1, -0.05) is 17.7 Å². The highest BCUT2D eigenvalue weighted by Gasteiger charge is 2.09. The topological polar surface area (TPSA) is 46.9 Å². The minimum absolute atomic E-state index is 0.239. The summed E-state index contributed by atoms with van der Waals surface area (Å²) in [6.45, 7) is 1.98. The summed E-state index contributed by atoms with van der Waals surface area (Å²) < 4.78 is 14.4. The standard InChI is InChI=1S/C17H14FN3O/c1-12-2-6-15(7-3-12)20-17(22)13-10-19-21(11-13)16-8-4-14(18)5-9-16/h2-11H,1H3,(H,20,22). The Morgan fingerprint density at radius 1 is 1.09 bits per heavy atom. The zero-order valence-electron chi connectivity index (χ0n) is 12.0. The van der Waals surface area contributed by atoms with Crippen molar-refractivity contribution in [3.8, 4) is 5.69 Å². The average Bonchev–Trinajstić information content (AvgIpc) is 3.00. The van der Waals surface area contributed by atoms with E-state index in [-0.39, 0.29) is 11.7 Å². The lowest BCUT2D eigenvalue weighted by Crippen LogP contribution is -2.10. The monoisotopic (exact) mass is 295 g/mol. The summed E-state index contributed by atoms with van der Waals surface area (Å²) in [6, 6.07) is 13.4. The molecule has 1 heterocycles. The molecule has 0 spiro atoms. The molecule has 0 saturated carbocycles. The molecule has 3 rings (SSSR count). The van der Waals surface area contributed by atoms with Gasteiger partial charge in [-0.05, 0) is 43.3 Å². The fourth-order valence-corrected chi connectivity index (χ4v) is 2.02. The normalized spacial score (nSPS) is 10.5. The lowest BCUT2D eigenvalue weighted by Gasteiger charge is -2.03. The van der Waals surface area contributed by atoms with Crippen LogP contribution in [0.15, 0.2) is 60.9 Å². The number of aromatic nitrogens is 2. The average molecular weight is 295 g/mol. The van der Waals surface area contributed by atoms with Gasteiger partial charge in [-0.25, -0.2) is 9.07 Å². The van der Waals surface area contributed by atoms with E-state index in [1.54, 1.807) is 18.3 Å². The Labute approximate surface area is 127 Å². The van der Waals surface area contributed by atoms with Crippen LogP contribution < -0.4 is 5.32 Å². The summed E-state index contributed by atoms with van der Waals surface area (Å²) in [7, 11) is 0. The molecule has 4 nitrogen and oxygen atoms in total. The Balaban J connectivity index is 1.76. The smallest absolute Gasteiger partial charge is 0.258 e. The third kappa shape index (κ3) is 3.03. The first kappa shape index (κ1) is 14.0. The largest absolute Gasteiger partial charge is 0.322 e. The van der Waals surface area contributed by atoms with Crippen LogP contribution in [0.1, 0.15) is 15.9 Å². The number of hydrogen-bond acceptors (Lipinski definition) is 2. The molecule has 3 aromatic rings. The van der Waals surface area contributed by atoms with Crippen LogP contribution in [-0.2, 0) is 0 Å². The Morgan fingerprint density at radius 2 is 1.77 bits per heavy atom. The SMILES string of the molecule is Cc1ccc(NC(=O)c2cnn(-c3ccc(F)cc3)c2)cc1. The summed E-state index contributed by atoms with van der Waals surface area (Å²) in [5.74, 6) is -0.551. The van der Waals surface area contributed by atoms with Crippen molar-refractivity contribution in [2.24, 2.45) is 0 Å². The fourth-order valence-electron chi connectivity index (χ4n) is 2.02. The lowest BCUT2D eigenvalue weighted by molar-refractivity contribution is 0.102. The Bertz CT molecular complexity index is 792. The van der Waals surface area contributed by atoms with Gasteiger partial charge in [0.25, 0.3) is 5.91 Å².